The van der Waals surface area contributed by atoms with Crippen LogP contribution >= 0.6 is 0 Å². The number of ketones is 1. The van der Waals surface area contributed by atoms with E-state index in [4.69, 9.17) is 4.74 Å². The molecule has 1 atom stereocenters. The largest absolute Gasteiger partial charge is 0.497 e. The summed E-state index contributed by atoms with van der Waals surface area (Å²) in [5.74, 6) is 1.17. The molecule has 2 heteroatoms. The van der Waals surface area contributed by atoms with Crippen molar-refractivity contribution >= 4 is 11.4 Å². The van der Waals surface area contributed by atoms with Gasteiger partial charge >= 0.3 is 0 Å². The molecule has 0 heterocycles. The highest BCUT2D eigenvalue weighted by Crippen LogP contribution is 2.43. The zero-order valence-corrected chi connectivity index (χ0v) is 13.1. The Balaban J connectivity index is 2.63. The molecular weight excluding hydrogens is 248 g/mol. The molecule has 0 spiro atoms. The minimum atomic E-state index is 0.0774. The average molecular weight is 270 g/mol. The maximum atomic E-state index is 12.0. The minimum absolute atomic E-state index is 0.0774. The Morgan fingerprint density at radius 2 is 1.80 bits per heavy atom. The molecule has 0 amide bonds. The molecule has 2 rings (SSSR count). The highest BCUT2D eigenvalue weighted by Gasteiger charge is 2.27. The summed E-state index contributed by atoms with van der Waals surface area (Å²) < 4.78 is 5.24. The van der Waals surface area contributed by atoms with Crippen molar-refractivity contribution in [1.82, 2.24) is 0 Å². The highest BCUT2D eigenvalue weighted by atomic mass is 16.5. The molecule has 0 saturated carbocycles. The third-order valence-corrected chi connectivity index (χ3v) is 4.54. The summed E-state index contributed by atoms with van der Waals surface area (Å²) in [6, 6.07) is 5.78. The van der Waals surface area contributed by atoms with Gasteiger partial charge in [0.25, 0.3) is 0 Å². The molecule has 1 aliphatic rings. The Hall–Kier alpha value is -1.83. The second-order valence-electron chi connectivity index (χ2n) is 5.54. The number of methoxy groups -OCH3 is 1. The summed E-state index contributed by atoms with van der Waals surface area (Å²) >= 11 is 0. The van der Waals surface area contributed by atoms with Gasteiger partial charge in [-0.1, -0.05) is 18.6 Å². The van der Waals surface area contributed by atoms with E-state index in [1.165, 1.54) is 22.3 Å². The van der Waals surface area contributed by atoms with E-state index in [9.17, 15) is 4.79 Å². The second kappa shape index (κ2) is 5.28. The van der Waals surface area contributed by atoms with Crippen molar-refractivity contribution in [3.05, 3.63) is 46.0 Å². The fourth-order valence-corrected chi connectivity index (χ4v) is 2.98. The quantitative estimate of drug-likeness (QED) is 0.747. The fourth-order valence-electron chi connectivity index (χ4n) is 2.98. The van der Waals surface area contributed by atoms with Gasteiger partial charge in [-0.05, 0) is 62.1 Å². The zero-order chi connectivity index (χ0) is 15.0. The number of Topliss-reactive ketones (excluding diaryl/α,β-unsaturated/α-hetero) is 1. The topological polar surface area (TPSA) is 26.3 Å². The van der Waals surface area contributed by atoms with Gasteiger partial charge in [-0.3, -0.25) is 4.79 Å². The monoisotopic (exact) mass is 270 g/mol. The van der Waals surface area contributed by atoms with E-state index in [-0.39, 0.29) is 5.78 Å². The van der Waals surface area contributed by atoms with E-state index in [2.05, 4.69) is 27.7 Å². The molecule has 0 bridgehead atoms. The second-order valence-corrected chi connectivity index (χ2v) is 5.54. The highest BCUT2D eigenvalue weighted by molar-refractivity contribution is 6.01. The molecule has 0 aliphatic heterocycles. The standard InChI is InChI=1S/C18H22O2/c1-10-11(2)13(4)18(12(10)3)16-8-7-15(20-6)9-17(16)14(5)19/h7-9,12H,1-6H3. The molecule has 1 aliphatic carbocycles. The van der Waals surface area contributed by atoms with Crippen LogP contribution in [0.3, 0.4) is 0 Å². The van der Waals surface area contributed by atoms with Crippen molar-refractivity contribution in [2.45, 2.75) is 34.6 Å². The average Bonchev–Trinajstić information content (AvgIpc) is 2.62. The van der Waals surface area contributed by atoms with Crippen molar-refractivity contribution in [3.63, 3.8) is 0 Å². The first-order valence-electron chi connectivity index (χ1n) is 6.96. The summed E-state index contributed by atoms with van der Waals surface area (Å²) in [4.78, 5) is 12.0. The predicted octanol–water partition coefficient (Wildman–Crippen LogP) is 4.66. The first kappa shape index (κ1) is 14.6. The van der Waals surface area contributed by atoms with Crippen LogP contribution in [0, 0.1) is 5.92 Å². The van der Waals surface area contributed by atoms with Gasteiger partial charge in [0.05, 0.1) is 7.11 Å². The first-order valence-corrected chi connectivity index (χ1v) is 6.96. The summed E-state index contributed by atoms with van der Waals surface area (Å²) in [5.41, 5.74) is 7.09. The number of hydrogen-bond acceptors (Lipinski definition) is 2. The Labute approximate surface area is 121 Å². The van der Waals surface area contributed by atoms with Crippen LogP contribution in [-0.2, 0) is 0 Å². The van der Waals surface area contributed by atoms with Crippen molar-refractivity contribution < 1.29 is 9.53 Å². The number of ether oxygens (including phenoxy) is 1. The van der Waals surface area contributed by atoms with Crippen LogP contribution in [0.5, 0.6) is 5.75 Å². The molecule has 0 fully saturated rings. The number of rotatable bonds is 3. The Morgan fingerprint density at radius 3 is 2.25 bits per heavy atom. The van der Waals surface area contributed by atoms with Gasteiger partial charge < -0.3 is 4.74 Å². The lowest BCUT2D eigenvalue weighted by molar-refractivity contribution is 0.101. The molecule has 0 saturated heterocycles. The van der Waals surface area contributed by atoms with Gasteiger partial charge in [-0.2, -0.15) is 0 Å². The molecule has 1 unspecified atom stereocenters. The maximum absolute atomic E-state index is 12.0. The third kappa shape index (κ3) is 2.20. The van der Waals surface area contributed by atoms with Crippen LogP contribution in [0.25, 0.3) is 5.57 Å². The maximum Gasteiger partial charge on any atom is 0.160 e. The lowest BCUT2D eigenvalue weighted by Crippen LogP contribution is -2.04. The van der Waals surface area contributed by atoms with E-state index in [1.54, 1.807) is 14.0 Å². The van der Waals surface area contributed by atoms with E-state index in [1.807, 2.05) is 18.2 Å². The van der Waals surface area contributed by atoms with Gasteiger partial charge in [0.1, 0.15) is 5.75 Å². The zero-order valence-electron chi connectivity index (χ0n) is 13.1. The lowest BCUT2D eigenvalue weighted by atomic mass is 9.88. The molecule has 0 N–H and O–H groups in total. The molecular formula is C18H22O2. The van der Waals surface area contributed by atoms with Crippen LogP contribution < -0.4 is 4.74 Å². The Morgan fingerprint density at radius 1 is 1.15 bits per heavy atom. The van der Waals surface area contributed by atoms with Gasteiger partial charge in [-0.25, -0.2) is 0 Å². The normalized spacial score (nSPS) is 18.8. The van der Waals surface area contributed by atoms with Crippen LogP contribution in [0.2, 0.25) is 0 Å². The van der Waals surface area contributed by atoms with Gasteiger partial charge in [0.15, 0.2) is 5.78 Å². The van der Waals surface area contributed by atoms with Gasteiger partial charge in [-0.15, -0.1) is 0 Å². The summed E-state index contributed by atoms with van der Waals surface area (Å²) in [5, 5.41) is 0. The molecule has 106 valence electrons. The van der Waals surface area contributed by atoms with Crippen LogP contribution in [0.1, 0.15) is 50.5 Å². The number of allylic oxidation sites excluding steroid dienone is 4. The summed E-state index contributed by atoms with van der Waals surface area (Å²) in [6.45, 7) is 10.3. The van der Waals surface area contributed by atoms with Crippen molar-refractivity contribution in [1.29, 1.82) is 0 Å². The summed E-state index contributed by atoms with van der Waals surface area (Å²) in [7, 11) is 1.62. The Kier molecular flexibility index (Phi) is 3.85. The van der Waals surface area contributed by atoms with Crippen molar-refractivity contribution in [3.8, 4) is 5.75 Å². The first-order chi connectivity index (χ1) is 9.38. The van der Waals surface area contributed by atoms with Crippen LogP contribution in [-0.4, -0.2) is 12.9 Å². The predicted molar refractivity (Wildman–Crippen MR) is 83.1 cm³/mol. The molecule has 20 heavy (non-hydrogen) atoms. The van der Waals surface area contributed by atoms with E-state index in [0.717, 1.165) is 16.9 Å². The van der Waals surface area contributed by atoms with Crippen LogP contribution in [0.4, 0.5) is 0 Å². The van der Waals surface area contributed by atoms with Gasteiger partial charge in [0, 0.05) is 11.5 Å². The lowest BCUT2D eigenvalue weighted by Gasteiger charge is -2.17. The van der Waals surface area contributed by atoms with Crippen molar-refractivity contribution in [2.75, 3.05) is 7.11 Å². The number of carbonyl (C=O) groups is 1. The van der Waals surface area contributed by atoms with Crippen LogP contribution in [0.15, 0.2) is 34.9 Å². The third-order valence-electron chi connectivity index (χ3n) is 4.54. The number of benzene rings is 1. The smallest absolute Gasteiger partial charge is 0.160 e. The number of hydrogen-bond donors (Lipinski definition) is 0. The minimum Gasteiger partial charge on any atom is -0.497 e. The molecule has 0 radical (unpaired) electrons. The van der Waals surface area contributed by atoms with Crippen molar-refractivity contribution in [2.24, 2.45) is 5.92 Å². The Bertz CT molecular complexity index is 633. The van der Waals surface area contributed by atoms with E-state index >= 15 is 0 Å². The molecule has 2 nitrogen and oxygen atoms in total. The molecule has 0 aromatic heterocycles. The summed E-state index contributed by atoms with van der Waals surface area (Å²) in [6.07, 6.45) is 0. The molecule has 1 aromatic carbocycles. The fraction of sp³-hybridized carbons (Fsp3) is 0.389. The van der Waals surface area contributed by atoms with E-state index < -0.39 is 0 Å². The van der Waals surface area contributed by atoms with E-state index in [0.29, 0.717) is 5.92 Å². The molecule has 1 aromatic rings. The SMILES string of the molecule is COc1ccc(C2=C(C)C(C)=C(C)C2C)c(C(C)=O)c1. The van der Waals surface area contributed by atoms with Gasteiger partial charge in [0.2, 0.25) is 0 Å². The number of carbonyl (C=O) groups excluding carboxylic acids is 1.